The van der Waals surface area contributed by atoms with Crippen molar-refractivity contribution in [3.05, 3.63) is 18.2 Å². The molecule has 0 bridgehead atoms. The fourth-order valence-electron chi connectivity index (χ4n) is 1.73. The maximum atomic E-state index is 10.7. The fraction of sp³-hybridized carbons (Fsp3) is 0.500. The average Bonchev–Trinajstić information content (AvgIpc) is 2.35. The van der Waals surface area contributed by atoms with Gasteiger partial charge in [0.1, 0.15) is 17.3 Å². The third kappa shape index (κ3) is 7.35. The summed E-state index contributed by atoms with van der Waals surface area (Å²) >= 11 is 0. The molecule has 7 nitrogen and oxygen atoms in total. The van der Waals surface area contributed by atoms with E-state index in [1.807, 2.05) is 0 Å². The van der Waals surface area contributed by atoms with Gasteiger partial charge in [0.05, 0.1) is 20.3 Å². The zero-order chi connectivity index (χ0) is 15.3. The Kier molecular flexibility index (Phi) is 8.60. The van der Waals surface area contributed by atoms with Crippen LogP contribution in [0.2, 0.25) is 0 Å². The summed E-state index contributed by atoms with van der Waals surface area (Å²) in [4.78, 5) is 1.64. The maximum Gasteiger partial charge on any atom is 1.00 e. The van der Waals surface area contributed by atoms with Crippen molar-refractivity contribution in [2.45, 2.75) is 6.10 Å². The molecular formula is C12H20NNaO6S. The van der Waals surface area contributed by atoms with Crippen LogP contribution < -0.4 is 43.9 Å². The topological polar surface area (TPSA) is 96.3 Å². The molecule has 0 aliphatic rings. The van der Waals surface area contributed by atoms with E-state index in [1.165, 1.54) is 14.2 Å². The molecule has 21 heavy (non-hydrogen) atoms. The maximum absolute atomic E-state index is 10.7. The number of nitrogens with zero attached hydrogens (tertiary/aromatic N) is 1. The van der Waals surface area contributed by atoms with Crippen LogP contribution in [0.3, 0.4) is 0 Å². The summed E-state index contributed by atoms with van der Waals surface area (Å²) in [6.45, 7) is 0.0378. The van der Waals surface area contributed by atoms with Gasteiger partial charge in [-0.05, 0) is 0 Å². The molecule has 0 heterocycles. The fourth-order valence-corrected chi connectivity index (χ4v) is 2.32. The van der Waals surface area contributed by atoms with Gasteiger partial charge in [-0.15, -0.1) is 0 Å². The van der Waals surface area contributed by atoms with E-state index in [9.17, 15) is 13.5 Å². The second-order valence-electron chi connectivity index (χ2n) is 4.35. The van der Waals surface area contributed by atoms with Crippen molar-refractivity contribution in [2.24, 2.45) is 0 Å². The summed E-state index contributed by atoms with van der Waals surface area (Å²) in [7, 11) is 0.518. The standard InChI is InChI=1S/C12H19NO6S.Na.H/c1-13(7-10(14)8-20(15,16)17)9-4-11(18-2)6-12(5-9)19-3;;/h4-6,10,14H,7-8H2,1-3H3,(H,15,16,17);;/q;+1;-1. The monoisotopic (exact) mass is 329 g/mol. The van der Waals surface area contributed by atoms with Crippen LogP contribution in [-0.4, -0.2) is 57.7 Å². The van der Waals surface area contributed by atoms with Crippen molar-refractivity contribution in [2.75, 3.05) is 38.5 Å². The molecule has 116 valence electrons. The van der Waals surface area contributed by atoms with Crippen molar-refractivity contribution in [1.29, 1.82) is 0 Å². The van der Waals surface area contributed by atoms with Gasteiger partial charge < -0.3 is 20.9 Å². The van der Waals surface area contributed by atoms with Crippen molar-refractivity contribution in [3.8, 4) is 11.5 Å². The van der Waals surface area contributed by atoms with Crippen molar-refractivity contribution in [1.82, 2.24) is 0 Å². The Hall–Kier alpha value is -0.510. The number of ether oxygens (including phenoxy) is 2. The van der Waals surface area contributed by atoms with Crippen LogP contribution >= 0.6 is 0 Å². The Balaban J connectivity index is 0. The number of methoxy groups -OCH3 is 2. The number of likely N-dealkylation sites (N-methyl/N-ethyl adjacent to an activating group) is 1. The van der Waals surface area contributed by atoms with Gasteiger partial charge in [0.2, 0.25) is 0 Å². The molecule has 0 radical (unpaired) electrons. The van der Waals surface area contributed by atoms with Crippen LogP contribution in [0.15, 0.2) is 18.2 Å². The van der Waals surface area contributed by atoms with Gasteiger partial charge in [0.25, 0.3) is 10.1 Å². The molecule has 0 saturated heterocycles. The van der Waals surface area contributed by atoms with E-state index in [2.05, 4.69) is 0 Å². The van der Waals surface area contributed by atoms with Crippen LogP contribution in [0.5, 0.6) is 11.5 Å². The minimum Gasteiger partial charge on any atom is -1.00 e. The van der Waals surface area contributed by atoms with Crippen LogP contribution in [-0.2, 0) is 10.1 Å². The smallest absolute Gasteiger partial charge is 1.00 e. The quantitative estimate of drug-likeness (QED) is 0.422. The van der Waals surface area contributed by atoms with E-state index in [4.69, 9.17) is 14.0 Å². The second kappa shape index (κ2) is 8.82. The Morgan fingerprint density at radius 2 is 1.71 bits per heavy atom. The minimum absolute atomic E-state index is 0. The van der Waals surface area contributed by atoms with Gasteiger partial charge in [-0.1, -0.05) is 0 Å². The van der Waals surface area contributed by atoms with Gasteiger partial charge in [-0.2, -0.15) is 8.42 Å². The molecule has 0 fully saturated rings. The summed E-state index contributed by atoms with van der Waals surface area (Å²) in [5.74, 6) is 0.448. The number of benzene rings is 1. The van der Waals surface area contributed by atoms with Crippen molar-refractivity contribution < 1.29 is 58.5 Å². The SMILES string of the molecule is COc1cc(OC)cc(N(C)CC(O)CS(=O)(=O)O)c1.[H-].[Na+]. The summed E-state index contributed by atoms with van der Waals surface area (Å²) in [6, 6.07) is 5.15. The van der Waals surface area contributed by atoms with E-state index in [1.54, 1.807) is 30.1 Å². The molecule has 0 spiro atoms. The number of rotatable bonds is 7. The zero-order valence-corrected chi connectivity index (χ0v) is 15.4. The summed E-state index contributed by atoms with van der Waals surface area (Å²) in [6.07, 6.45) is -1.20. The molecule has 0 aliphatic heterocycles. The molecule has 0 aromatic heterocycles. The first-order chi connectivity index (χ1) is 9.25. The molecule has 1 unspecified atom stereocenters. The predicted octanol–water partition coefficient (Wildman–Crippen LogP) is -2.49. The number of aliphatic hydroxyl groups is 1. The van der Waals surface area contributed by atoms with E-state index >= 15 is 0 Å². The largest absolute Gasteiger partial charge is 1.00 e. The number of hydrogen-bond donors (Lipinski definition) is 2. The molecule has 9 heteroatoms. The first-order valence-corrected chi connectivity index (χ1v) is 7.43. The molecule has 1 rings (SSSR count). The Labute approximate surface area is 148 Å². The van der Waals surface area contributed by atoms with Crippen LogP contribution in [0.25, 0.3) is 0 Å². The number of hydrogen-bond acceptors (Lipinski definition) is 6. The van der Waals surface area contributed by atoms with Crippen LogP contribution in [0.1, 0.15) is 1.43 Å². The first-order valence-electron chi connectivity index (χ1n) is 5.82. The van der Waals surface area contributed by atoms with E-state index in [0.717, 1.165) is 0 Å². The van der Waals surface area contributed by atoms with Gasteiger partial charge in [-0.3, -0.25) is 4.55 Å². The van der Waals surface area contributed by atoms with E-state index < -0.39 is 22.0 Å². The zero-order valence-electron chi connectivity index (χ0n) is 13.6. The Morgan fingerprint density at radius 1 is 1.24 bits per heavy atom. The molecule has 1 aromatic carbocycles. The van der Waals surface area contributed by atoms with Crippen molar-refractivity contribution >= 4 is 15.8 Å². The Morgan fingerprint density at radius 3 is 2.10 bits per heavy atom. The molecule has 2 N–H and O–H groups in total. The van der Waals surface area contributed by atoms with Gasteiger partial charge in [0.15, 0.2) is 0 Å². The van der Waals surface area contributed by atoms with Crippen LogP contribution in [0, 0.1) is 0 Å². The molecule has 1 atom stereocenters. The molecule has 0 amide bonds. The number of anilines is 1. The van der Waals surface area contributed by atoms with Gasteiger partial charge in [-0.25, -0.2) is 0 Å². The average molecular weight is 329 g/mol. The second-order valence-corrected chi connectivity index (χ2v) is 5.85. The molecular weight excluding hydrogens is 309 g/mol. The van der Waals surface area contributed by atoms with E-state index in [0.29, 0.717) is 17.2 Å². The minimum atomic E-state index is -4.20. The molecule has 0 aliphatic carbocycles. The third-order valence-electron chi connectivity index (χ3n) is 2.66. The summed E-state index contributed by atoms with van der Waals surface area (Å²) < 4.78 is 40.3. The third-order valence-corrected chi connectivity index (χ3v) is 3.47. The normalized spacial score (nSPS) is 12.2. The van der Waals surface area contributed by atoms with E-state index in [-0.39, 0.29) is 37.5 Å². The van der Waals surface area contributed by atoms with Gasteiger partial charge in [0, 0.05) is 37.5 Å². The number of aliphatic hydroxyl groups excluding tert-OH is 1. The first kappa shape index (κ1) is 20.5. The summed E-state index contributed by atoms with van der Waals surface area (Å²) in [5.41, 5.74) is 0.690. The summed E-state index contributed by atoms with van der Waals surface area (Å²) in [5, 5.41) is 9.63. The predicted molar refractivity (Wildman–Crippen MR) is 76.4 cm³/mol. The van der Waals surface area contributed by atoms with Crippen LogP contribution in [0.4, 0.5) is 5.69 Å². The Bertz CT molecular complexity index is 534. The van der Waals surface area contributed by atoms with Gasteiger partial charge >= 0.3 is 29.6 Å². The van der Waals surface area contributed by atoms with Crippen molar-refractivity contribution in [3.63, 3.8) is 0 Å². The molecule has 0 saturated carbocycles. The molecule has 1 aromatic rings.